The van der Waals surface area contributed by atoms with E-state index in [9.17, 15) is 4.79 Å². The lowest BCUT2D eigenvalue weighted by Gasteiger charge is -2.38. The van der Waals surface area contributed by atoms with Gasteiger partial charge in [-0.15, -0.1) is 11.3 Å². The molecule has 0 spiro atoms. The van der Waals surface area contributed by atoms with Gasteiger partial charge in [-0.2, -0.15) is 0 Å². The van der Waals surface area contributed by atoms with Gasteiger partial charge in [0.2, 0.25) is 5.91 Å². The van der Waals surface area contributed by atoms with Crippen LogP contribution in [0.2, 0.25) is 0 Å². The third-order valence-corrected chi connectivity index (χ3v) is 5.69. The van der Waals surface area contributed by atoms with Crippen molar-refractivity contribution in [1.29, 1.82) is 0 Å². The van der Waals surface area contributed by atoms with Gasteiger partial charge in [-0.1, -0.05) is 0 Å². The Labute approximate surface area is 148 Å². The lowest BCUT2D eigenvalue weighted by atomic mass is 10.1. The maximum atomic E-state index is 12.9. The third-order valence-electron chi connectivity index (χ3n) is 4.86. The van der Waals surface area contributed by atoms with Crippen molar-refractivity contribution in [2.24, 2.45) is 0 Å². The third kappa shape index (κ3) is 4.07. The molecule has 0 radical (unpaired) electrons. The fourth-order valence-corrected chi connectivity index (χ4v) is 4.36. The second kappa shape index (κ2) is 7.80. The molecule has 1 aromatic heterocycles. The summed E-state index contributed by atoms with van der Waals surface area (Å²) in [7, 11) is 0. The number of thiazole rings is 1. The molecule has 3 atom stereocenters. The monoisotopic (exact) mass is 352 g/mol. The Morgan fingerprint density at radius 3 is 2.67 bits per heavy atom. The molecule has 0 unspecified atom stereocenters. The van der Waals surface area contributed by atoms with E-state index in [0.717, 1.165) is 37.7 Å². The van der Waals surface area contributed by atoms with Gasteiger partial charge in [-0.3, -0.25) is 9.69 Å². The van der Waals surface area contributed by atoms with Gasteiger partial charge in [0.25, 0.3) is 0 Å². The molecule has 7 heteroatoms. The topological polar surface area (TPSA) is 48.9 Å². The van der Waals surface area contributed by atoms with Gasteiger partial charge in [-0.05, 0) is 27.2 Å². The van der Waals surface area contributed by atoms with E-state index in [2.05, 4.69) is 14.8 Å². The molecule has 6 nitrogen and oxygen atoms in total. The molecule has 0 bridgehead atoms. The van der Waals surface area contributed by atoms with Crippen molar-refractivity contribution in [3.8, 4) is 0 Å². The summed E-state index contributed by atoms with van der Waals surface area (Å²) in [4.78, 5) is 24.0. The number of amides is 1. The minimum absolute atomic E-state index is 0.0706. The Kier molecular flexibility index (Phi) is 5.73. The molecule has 134 valence electrons. The molecule has 3 heterocycles. The van der Waals surface area contributed by atoms with Crippen LogP contribution in [0.25, 0.3) is 0 Å². The van der Waals surface area contributed by atoms with Gasteiger partial charge in [0.05, 0.1) is 18.2 Å². The highest BCUT2D eigenvalue weighted by molar-refractivity contribution is 7.13. The summed E-state index contributed by atoms with van der Waals surface area (Å²) in [6.45, 7) is 11.3. The maximum absolute atomic E-state index is 12.9. The Morgan fingerprint density at radius 2 is 2.00 bits per heavy atom. The van der Waals surface area contributed by atoms with Gasteiger partial charge in [0.1, 0.15) is 0 Å². The number of aromatic nitrogens is 1. The smallest absolute Gasteiger partial charge is 0.239 e. The number of hydrogen-bond donors (Lipinski definition) is 0. The molecule has 3 rings (SSSR count). The zero-order chi connectivity index (χ0) is 17.1. The summed E-state index contributed by atoms with van der Waals surface area (Å²) >= 11 is 1.69. The summed E-state index contributed by atoms with van der Waals surface area (Å²) in [6.07, 6.45) is 3.16. The van der Waals surface area contributed by atoms with Gasteiger partial charge in [0.15, 0.2) is 5.13 Å². The first-order valence-electron chi connectivity index (χ1n) is 8.87. The Balaban J connectivity index is 1.58. The number of morpholine rings is 1. The predicted molar refractivity (Wildman–Crippen MR) is 96.6 cm³/mol. The minimum atomic E-state index is -0.0706. The molecular formula is C17H28N4O2S. The Morgan fingerprint density at radius 1 is 1.25 bits per heavy atom. The number of carbonyl (C=O) groups is 1. The van der Waals surface area contributed by atoms with Gasteiger partial charge >= 0.3 is 0 Å². The van der Waals surface area contributed by atoms with Crippen molar-refractivity contribution in [2.45, 2.75) is 45.4 Å². The number of anilines is 1. The average Bonchev–Trinajstić information content (AvgIpc) is 2.97. The van der Waals surface area contributed by atoms with E-state index in [-0.39, 0.29) is 24.2 Å². The molecule has 0 aromatic carbocycles. The first kappa shape index (κ1) is 17.6. The zero-order valence-electron chi connectivity index (χ0n) is 14.9. The molecule has 2 saturated heterocycles. The summed E-state index contributed by atoms with van der Waals surface area (Å²) in [5.41, 5.74) is 0. The zero-order valence-corrected chi connectivity index (χ0v) is 15.7. The molecule has 0 aliphatic carbocycles. The lowest BCUT2D eigenvalue weighted by molar-refractivity contribution is -0.148. The van der Waals surface area contributed by atoms with Crippen LogP contribution in [0.1, 0.15) is 27.2 Å². The van der Waals surface area contributed by atoms with Gasteiger partial charge in [0, 0.05) is 50.8 Å². The average molecular weight is 353 g/mol. The van der Waals surface area contributed by atoms with Crippen LogP contribution in [0.4, 0.5) is 5.13 Å². The van der Waals surface area contributed by atoms with Crippen LogP contribution in [-0.4, -0.2) is 78.2 Å². The van der Waals surface area contributed by atoms with E-state index in [0.29, 0.717) is 13.1 Å². The quantitative estimate of drug-likeness (QED) is 0.828. The first-order valence-corrected chi connectivity index (χ1v) is 9.75. The van der Waals surface area contributed by atoms with Crippen molar-refractivity contribution in [3.63, 3.8) is 0 Å². The molecule has 2 fully saturated rings. The number of carbonyl (C=O) groups excluding carboxylic acids is 1. The molecule has 2 aliphatic heterocycles. The van der Waals surface area contributed by atoms with Crippen LogP contribution in [0.3, 0.4) is 0 Å². The molecule has 2 aliphatic rings. The van der Waals surface area contributed by atoms with Gasteiger partial charge in [-0.25, -0.2) is 4.98 Å². The number of nitrogens with zero attached hydrogens (tertiary/aromatic N) is 4. The van der Waals surface area contributed by atoms with Crippen molar-refractivity contribution in [1.82, 2.24) is 14.8 Å². The molecule has 0 N–H and O–H groups in total. The van der Waals surface area contributed by atoms with E-state index in [1.165, 1.54) is 0 Å². The van der Waals surface area contributed by atoms with Crippen molar-refractivity contribution in [3.05, 3.63) is 11.6 Å². The second-order valence-corrected chi connectivity index (χ2v) is 7.74. The normalized spacial score (nSPS) is 27.8. The van der Waals surface area contributed by atoms with Crippen LogP contribution in [-0.2, 0) is 9.53 Å². The summed E-state index contributed by atoms with van der Waals surface area (Å²) in [5, 5.41) is 3.11. The molecule has 1 aromatic rings. The van der Waals surface area contributed by atoms with E-state index >= 15 is 0 Å². The highest BCUT2D eigenvalue weighted by Crippen LogP contribution is 2.20. The molecule has 24 heavy (non-hydrogen) atoms. The predicted octanol–water partition coefficient (Wildman–Crippen LogP) is 1.68. The highest BCUT2D eigenvalue weighted by Gasteiger charge is 2.32. The summed E-state index contributed by atoms with van der Waals surface area (Å²) in [5.74, 6) is 0.236. The van der Waals surface area contributed by atoms with Crippen molar-refractivity contribution in [2.75, 3.05) is 44.2 Å². The lowest BCUT2D eigenvalue weighted by Crippen LogP contribution is -2.54. The minimum Gasteiger partial charge on any atom is -0.372 e. The Bertz CT molecular complexity index is 529. The van der Waals surface area contributed by atoms with Crippen LogP contribution in [0.5, 0.6) is 0 Å². The van der Waals surface area contributed by atoms with Crippen molar-refractivity contribution < 1.29 is 9.53 Å². The highest BCUT2D eigenvalue weighted by atomic mass is 32.1. The molecule has 0 saturated carbocycles. The number of hydrogen-bond acceptors (Lipinski definition) is 6. The number of ether oxygens (including phenoxy) is 1. The van der Waals surface area contributed by atoms with E-state index in [1.54, 1.807) is 11.3 Å². The maximum Gasteiger partial charge on any atom is 0.239 e. The fourth-order valence-electron chi connectivity index (χ4n) is 3.67. The van der Waals surface area contributed by atoms with E-state index in [4.69, 9.17) is 4.74 Å². The second-order valence-electron chi connectivity index (χ2n) is 6.87. The summed E-state index contributed by atoms with van der Waals surface area (Å²) < 4.78 is 5.75. The van der Waals surface area contributed by atoms with Crippen LogP contribution >= 0.6 is 11.3 Å². The van der Waals surface area contributed by atoms with E-state index < -0.39 is 0 Å². The van der Waals surface area contributed by atoms with Crippen molar-refractivity contribution >= 4 is 22.4 Å². The Hall–Kier alpha value is -1.18. The van der Waals surface area contributed by atoms with Crippen LogP contribution in [0.15, 0.2) is 11.6 Å². The van der Waals surface area contributed by atoms with E-state index in [1.807, 2.05) is 37.2 Å². The van der Waals surface area contributed by atoms with Gasteiger partial charge < -0.3 is 14.5 Å². The number of rotatable bonds is 3. The largest absolute Gasteiger partial charge is 0.372 e. The van der Waals surface area contributed by atoms with Crippen LogP contribution in [0, 0.1) is 0 Å². The molecule has 1 amide bonds. The standard InChI is InChI=1S/C17H28N4O2S/c1-13-11-21(12-14(2)23-13)16(22)15(3)19-6-4-7-20(9-8-19)17-18-5-10-24-17/h5,10,13-15H,4,6-9,11-12H2,1-3H3/t13-,14-,15-/m1/s1. The first-order chi connectivity index (χ1) is 11.5. The van der Waals surface area contributed by atoms with Crippen LogP contribution < -0.4 is 4.90 Å². The SMILES string of the molecule is C[C@@H]1CN(C(=O)[C@@H](C)N2CCCN(c3nccs3)CC2)C[C@@H](C)O1. The summed E-state index contributed by atoms with van der Waals surface area (Å²) in [6, 6.07) is -0.0706. The fraction of sp³-hybridized carbons (Fsp3) is 0.765. The molecular weight excluding hydrogens is 324 g/mol.